The van der Waals surface area contributed by atoms with E-state index in [0.29, 0.717) is 38.2 Å². The second kappa shape index (κ2) is 12.4. The Morgan fingerprint density at radius 1 is 1.05 bits per heavy atom. The van der Waals surface area contributed by atoms with Crippen molar-refractivity contribution in [2.24, 2.45) is 5.92 Å². The monoisotopic (exact) mass is 378 g/mol. The van der Waals surface area contributed by atoms with Gasteiger partial charge in [0.1, 0.15) is 0 Å². The molecular formula is C16H24BrClO3. The molecule has 0 aliphatic carbocycles. The quantitative estimate of drug-likeness (QED) is 0.407. The van der Waals surface area contributed by atoms with E-state index >= 15 is 0 Å². The highest BCUT2D eigenvalue weighted by molar-refractivity contribution is 9.10. The Hall–Kier alpha value is -0.130. The predicted molar refractivity (Wildman–Crippen MR) is 90.2 cm³/mol. The second-order valence-electron chi connectivity index (χ2n) is 4.82. The molecule has 0 spiro atoms. The molecule has 5 heteroatoms. The van der Waals surface area contributed by atoms with Gasteiger partial charge < -0.3 is 14.2 Å². The summed E-state index contributed by atoms with van der Waals surface area (Å²) in [6, 6.07) is 8.28. The fourth-order valence-corrected chi connectivity index (χ4v) is 2.63. The van der Waals surface area contributed by atoms with E-state index in [2.05, 4.69) is 34.1 Å². The average molecular weight is 380 g/mol. The summed E-state index contributed by atoms with van der Waals surface area (Å²) < 4.78 is 17.0. The van der Waals surface area contributed by atoms with E-state index in [1.807, 2.05) is 6.07 Å². The van der Waals surface area contributed by atoms with Gasteiger partial charge in [-0.1, -0.05) is 34.1 Å². The Kier molecular flexibility index (Phi) is 11.2. The van der Waals surface area contributed by atoms with Crippen molar-refractivity contribution >= 4 is 27.5 Å². The molecule has 0 aliphatic rings. The van der Waals surface area contributed by atoms with Crippen LogP contribution in [0, 0.1) is 5.92 Å². The molecule has 3 nitrogen and oxygen atoms in total. The highest BCUT2D eigenvalue weighted by atomic mass is 79.9. The Morgan fingerprint density at radius 3 is 2.38 bits per heavy atom. The van der Waals surface area contributed by atoms with Crippen LogP contribution in [-0.4, -0.2) is 46.0 Å². The maximum Gasteiger partial charge on any atom is 0.0701 e. The molecule has 0 saturated heterocycles. The van der Waals surface area contributed by atoms with Gasteiger partial charge in [-0.2, -0.15) is 0 Å². The lowest BCUT2D eigenvalue weighted by Gasteiger charge is -2.15. The number of ether oxygens (including phenoxy) is 3. The average Bonchev–Trinajstić information content (AvgIpc) is 2.50. The molecule has 120 valence electrons. The Labute approximate surface area is 141 Å². The molecule has 1 rings (SSSR count). The third-order valence-corrected chi connectivity index (χ3v) is 4.37. The fraction of sp³-hybridized carbons (Fsp3) is 0.625. The minimum absolute atomic E-state index is 0.430. The zero-order valence-corrected chi connectivity index (χ0v) is 14.9. The van der Waals surface area contributed by atoms with Crippen molar-refractivity contribution < 1.29 is 14.2 Å². The molecule has 0 fully saturated rings. The van der Waals surface area contributed by atoms with Crippen LogP contribution in [0.25, 0.3) is 0 Å². The topological polar surface area (TPSA) is 27.7 Å². The zero-order chi connectivity index (χ0) is 15.3. The van der Waals surface area contributed by atoms with E-state index in [0.717, 1.165) is 23.9 Å². The van der Waals surface area contributed by atoms with Crippen LogP contribution in [0.3, 0.4) is 0 Å². The molecule has 0 bridgehead atoms. The van der Waals surface area contributed by atoms with Gasteiger partial charge in [0.25, 0.3) is 0 Å². The van der Waals surface area contributed by atoms with E-state index in [1.54, 1.807) is 7.11 Å². The summed E-state index contributed by atoms with van der Waals surface area (Å²) >= 11 is 9.63. The number of hydrogen-bond donors (Lipinski definition) is 0. The number of alkyl halides is 1. The first-order chi connectivity index (χ1) is 10.3. The Balaban J connectivity index is 2.13. The molecule has 0 saturated carbocycles. The van der Waals surface area contributed by atoms with E-state index in [4.69, 9.17) is 25.8 Å². The summed E-state index contributed by atoms with van der Waals surface area (Å²) in [7, 11) is 1.66. The van der Waals surface area contributed by atoms with Crippen molar-refractivity contribution in [2.75, 3.05) is 46.0 Å². The lowest BCUT2D eigenvalue weighted by atomic mass is 9.98. The van der Waals surface area contributed by atoms with Crippen LogP contribution in [0.2, 0.25) is 0 Å². The first-order valence-electron chi connectivity index (χ1n) is 7.21. The summed E-state index contributed by atoms with van der Waals surface area (Å²) in [6.07, 6.45) is 1.93. The largest absolute Gasteiger partial charge is 0.382 e. The van der Waals surface area contributed by atoms with Crippen molar-refractivity contribution in [3.63, 3.8) is 0 Å². The highest BCUT2D eigenvalue weighted by Gasteiger charge is 2.10. The number of rotatable bonds is 12. The number of methoxy groups -OCH3 is 1. The van der Waals surface area contributed by atoms with Gasteiger partial charge in [0, 0.05) is 24.1 Å². The molecule has 0 aromatic heterocycles. The molecule has 0 radical (unpaired) electrons. The van der Waals surface area contributed by atoms with Crippen LogP contribution in [-0.2, 0) is 20.6 Å². The maximum atomic E-state index is 6.06. The smallest absolute Gasteiger partial charge is 0.0701 e. The van der Waals surface area contributed by atoms with Gasteiger partial charge in [-0.05, 0) is 30.4 Å². The summed E-state index contributed by atoms with van der Waals surface area (Å²) in [5, 5.41) is 0. The first-order valence-corrected chi connectivity index (χ1v) is 8.54. The van der Waals surface area contributed by atoms with Gasteiger partial charge in [0.2, 0.25) is 0 Å². The molecule has 1 aromatic carbocycles. The fourth-order valence-electron chi connectivity index (χ4n) is 1.92. The molecule has 0 N–H and O–H groups in total. The number of benzene rings is 1. The van der Waals surface area contributed by atoms with E-state index in [-0.39, 0.29) is 0 Å². The summed E-state index contributed by atoms with van der Waals surface area (Å²) in [5.41, 5.74) is 1.30. The lowest BCUT2D eigenvalue weighted by molar-refractivity contribution is 0.0223. The molecular weight excluding hydrogens is 356 g/mol. The van der Waals surface area contributed by atoms with E-state index < -0.39 is 0 Å². The van der Waals surface area contributed by atoms with Crippen LogP contribution in [0.1, 0.15) is 12.0 Å². The predicted octanol–water partition coefficient (Wildman–Crippen LogP) is 3.92. The lowest BCUT2D eigenvalue weighted by Crippen LogP contribution is -2.13. The molecule has 1 aromatic rings. The normalized spacial score (nSPS) is 12.5. The van der Waals surface area contributed by atoms with Crippen molar-refractivity contribution in [1.29, 1.82) is 0 Å². The Bertz CT molecular complexity index is 376. The number of halogens is 2. The van der Waals surface area contributed by atoms with Crippen LogP contribution < -0.4 is 0 Å². The van der Waals surface area contributed by atoms with Gasteiger partial charge in [-0.15, -0.1) is 11.6 Å². The third-order valence-electron chi connectivity index (χ3n) is 3.16. The summed E-state index contributed by atoms with van der Waals surface area (Å²) in [6.45, 7) is 3.19. The minimum Gasteiger partial charge on any atom is -0.382 e. The first kappa shape index (κ1) is 18.9. The van der Waals surface area contributed by atoms with Crippen LogP contribution in [0.5, 0.6) is 0 Å². The van der Waals surface area contributed by atoms with Crippen LogP contribution >= 0.6 is 27.5 Å². The molecule has 0 aliphatic heterocycles. The summed E-state index contributed by atoms with van der Waals surface area (Å²) in [4.78, 5) is 0. The number of hydrogen-bond acceptors (Lipinski definition) is 3. The minimum atomic E-state index is 0.430. The second-order valence-corrected chi connectivity index (χ2v) is 5.99. The van der Waals surface area contributed by atoms with E-state index in [9.17, 15) is 0 Å². The Morgan fingerprint density at radius 2 is 1.71 bits per heavy atom. The maximum absolute atomic E-state index is 6.06. The van der Waals surface area contributed by atoms with Crippen molar-refractivity contribution in [2.45, 2.75) is 12.8 Å². The van der Waals surface area contributed by atoms with Gasteiger partial charge in [-0.3, -0.25) is 0 Å². The van der Waals surface area contributed by atoms with Crippen LogP contribution in [0.4, 0.5) is 0 Å². The molecule has 0 heterocycles. The summed E-state index contributed by atoms with van der Waals surface area (Å²) in [5.74, 6) is 1.08. The SMILES string of the molecule is COCCOCCOCCC(CCl)Cc1ccccc1Br. The van der Waals surface area contributed by atoms with Gasteiger partial charge in [0.15, 0.2) is 0 Å². The van der Waals surface area contributed by atoms with Gasteiger partial charge in [0.05, 0.1) is 26.4 Å². The standard InChI is InChI=1S/C16H24BrClO3/c1-19-8-9-21-11-10-20-7-6-14(13-18)12-15-4-2-3-5-16(15)17/h2-5,14H,6-13H2,1H3. The third kappa shape index (κ3) is 8.79. The molecule has 1 atom stereocenters. The molecule has 1 unspecified atom stereocenters. The van der Waals surface area contributed by atoms with Crippen molar-refractivity contribution in [1.82, 2.24) is 0 Å². The highest BCUT2D eigenvalue weighted by Crippen LogP contribution is 2.21. The molecule has 21 heavy (non-hydrogen) atoms. The van der Waals surface area contributed by atoms with Gasteiger partial charge >= 0.3 is 0 Å². The molecule has 0 amide bonds. The van der Waals surface area contributed by atoms with Crippen molar-refractivity contribution in [3.05, 3.63) is 34.3 Å². The van der Waals surface area contributed by atoms with Crippen LogP contribution in [0.15, 0.2) is 28.7 Å². The van der Waals surface area contributed by atoms with Crippen molar-refractivity contribution in [3.8, 4) is 0 Å². The zero-order valence-electron chi connectivity index (χ0n) is 12.5. The van der Waals surface area contributed by atoms with Gasteiger partial charge in [-0.25, -0.2) is 0 Å². The van der Waals surface area contributed by atoms with E-state index in [1.165, 1.54) is 5.56 Å².